The topological polar surface area (TPSA) is 47.3 Å². The first-order chi connectivity index (χ1) is 5.61. The molecule has 1 aromatic rings. The molecule has 5 heteroatoms. The molecule has 0 unspecified atom stereocenters. The van der Waals surface area contributed by atoms with Crippen LogP contribution in [0, 0.1) is 0 Å². The molecule has 1 N–H and O–H groups in total. The Morgan fingerprint density at radius 1 is 1.67 bits per heavy atom. The minimum absolute atomic E-state index is 0.00917. The van der Waals surface area contributed by atoms with Crippen molar-refractivity contribution < 1.29 is 9.68 Å². The number of nitrogens with zero attached hydrogens (tertiary/aromatic N) is 2. The lowest BCUT2D eigenvalue weighted by atomic mass is 9.85. The molecule has 0 saturated heterocycles. The van der Waals surface area contributed by atoms with Crippen molar-refractivity contribution >= 4 is 12.7 Å². The van der Waals surface area contributed by atoms with Gasteiger partial charge in [0, 0.05) is 19.3 Å². The zero-order chi connectivity index (χ0) is 9.14. The predicted molar refractivity (Wildman–Crippen MR) is 47.0 cm³/mol. The van der Waals surface area contributed by atoms with E-state index in [9.17, 15) is 5.02 Å². The van der Waals surface area contributed by atoms with E-state index in [2.05, 4.69) is 5.10 Å². The van der Waals surface area contributed by atoms with Gasteiger partial charge in [0.2, 0.25) is 0 Å². The fourth-order valence-corrected chi connectivity index (χ4v) is 0.954. The van der Waals surface area contributed by atoms with E-state index in [1.807, 2.05) is 13.8 Å². The highest BCUT2D eigenvalue weighted by Crippen LogP contribution is 1.91. The van der Waals surface area contributed by atoms with Crippen LogP contribution in [0.5, 0.6) is 0 Å². The summed E-state index contributed by atoms with van der Waals surface area (Å²) in [6, 6.07) is 1.73. The average molecular weight is 168 g/mol. The van der Waals surface area contributed by atoms with Crippen molar-refractivity contribution in [1.82, 2.24) is 9.78 Å². The molecule has 0 aromatic carbocycles. The van der Waals surface area contributed by atoms with Crippen LogP contribution in [0.2, 0.25) is 0 Å². The lowest BCUT2D eigenvalue weighted by Crippen LogP contribution is -2.40. The summed E-state index contributed by atoms with van der Waals surface area (Å²) in [5.41, 5.74) is 0.670. The molecule has 1 aromatic heterocycles. The van der Waals surface area contributed by atoms with E-state index >= 15 is 0 Å². The smallest absolute Gasteiger partial charge is 0.422 e. The molecule has 0 bridgehead atoms. The molecule has 1 heterocycles. The summed E-state index contributed by atoms with van der Waals surface area (Å²) in [5.74, 6) is 0. The molecule has 4 nitrogen and oxygen atoms in total. The molecule has 0 atom stereocenters. The maximum Gasteiger partial charge on any atom is 0.510 e. The second kappa shape index (κ2) is 3.73. The van der Waals surface area contributed by atoms with Crippen molar-refractivity contribution in [3.8, 4) is 0 Å². The van der Waals surface area contributed by atoms with Gasteiger partial charge < -0.3 is 9.68 Å². The van der Waals surface area contributed by atoms with Gasteiger partial charge in [0.15, 0.2) is 0 Å². The highest BCUT2D eigenvalue weighted by molar-refractivity contribution is 6.59. The van der Waals surface area contributed by atoms with Gasteiger partial charge >= 0.3 is 7.12 Å². The van der Waals surface area contributed by atoms with Crippen molar-refractivity contribution in [1.29, 1.82) is 0 Å². The summed E-state index contributed by atoms with van der Waals surface area (Å²) < 4.78 is 6.76. The maximum atomic E-state index is 9.48. The van der Waals surface area contributed by atoms with Crippen molar-refractivity contribution in [2.45, 2.75) is 20.0 Å². The van der Waals surface area contributed by atoms with Crippen molar-refractivity contribution in [3.63, 3.8) is 0 Å². The van der Waals surface area contributed by atoms with Crippen LogP contribution in [0.15, 0.2) is 12.3 Å². The fraction of sp³-hybridized carbons (Fsp3) is 0.571. The Morgan fingerprint density at radius 3 is 2.75 bits per heavy atom. The Morgan fingerprint density at radius 2 is 2.33 bits per heavy atom. The predicted octanol–water partition coefficient (Wildman–Crippen LogP) is -0.467. The zero-order valence-electron chi connectivity index (χ0n) is 7.56. The average Bonchev–Trinajstić information content (AvgIpc) is 2.33. The van der Waals surface area contributed by atoms with Crippen molar-refractivity contribution in [2.24, 2.45) is 7.05 Å². The number of hydrogen-bond acceptors (Lipinski definition) is 3. The SMILES string of the molecule is CC(C)OB(O)c1ccnn1C. The molecular formula is C7H13BN2O2. The van der Waals surface area contributed by atoms with E-state index in [0.29, 0.717) is 5.59 Å². The van der Waals surface area contributed by atoms with Gasteiger partial charge in [0.1, 0.15) is 0 Å². The molecule has 12 heavy (non-hydrogen) atoms. The monoisotopic (exact) mass is 168 g/mol. The van der Waals surface area contributed by atoms with E-state index in [4.69, 9.17) is 4.65 Å². The summed E-state index contributed by atoms with van der Waals surface area (Å²) in [6.45, 7) is 3.75. The Balaban J connectivity index is 2.65. The summed E-state index contributed by atoms with van der Waals surface area (Å²) in [4.78, 5) is 0. The third-order valence-electron chi connectivity index (χ3n) is 1.51. The Bertz CT molecular complexity index is 249. The zero-order valence-corrected chi connectivity index (χ0v) is 7.56. The minimum atomic E-state index is -0.877. The van der Waals surface area contributed by atoms with Gasteiger partial charge in [-0.05, 0) is 19.9 Å². The van der Waals surface area contributed by atoms with Crippen LogP contribution in [0.1, 0.15) is 13.8 Å². The molecule has 0 spiro atoms. The quantitative estimate of drug-likeness (QED) is 0.620. The highest BCUT2D eigenvalue weighted by atomic mass is 16.5. The van der Waals surface area contributed by atoms with Gasteiger partial charge in [-0.15, -0.1) is 0 Å². The number of rotatable bonds is 3. The van der Waals surface area contributed by atoms with Gasteiger partial charge in [0.05, 0.1) is 5.59 Å². The number of aromatic nitrogens is 2. The van der Waals surface area contributed by atoms with Gasteiger partial charge in [-0.3, -0.25) is 4.68 Å². The van der Waals surface area contributed by atoms with Crippen LogP contribution in [-0.2, 0) is 11.7 Å². The molecule has 0 aliphatic heterocycles. The van der Waals surface area contributed by atoms with Crippen LogP contribution in [-0.4, -0.2) is 28.0 Å². The molecule has 0 fully saturated rings. The van der Waals surface area contributed by atoms with Crippen LogP contribution >= 0.6 is 0 Å². The lowest BCUT2D eigenvalue weighted by Gasteiger charge is -2.10. The second-order valence-electron chi connectivity index (χ2n) is 2.92. The molecule has 1 rings (SSSR count). The van der Waals surface area contributed by atoms with E-state index in [1.54, 1.807) is 24.0 Å². The molecule has 0 aliphatic carbocycles. The second-order valence-corrected chi connectivity index (χ2v) is 2.92. The van der Waals surface area contributed by atoms with Crippen LogP contribution in [0.25, 0.3) is 0 Å². The first-order valence-corrected chi connectivity index (χ1v) is 3.92. The van der Waals surface area contributed by atoms with Crippen molar-refractivity contribution in [2.75, 3.05) is 0 Å². The Labute approximate surface area is 72.3 Å². The molecular weight excluding hydrogens is 155 g/mol. The largest absolute Gasteiger partial charge is 0.510 e. The van der Waals surface area contributed by atoms with Crippen LogP contribution in [0.4, 0.5) is 0 Å². The van der Waals surface area contributed by atoms with E-state index in [-0.39, 0.29) is 6.10 Å². The molecule has 66 valence electrons. The normalized spacial score (nSPS) is 10.8. The minimum Gasteiger partial charge on any atom is -0.422 e. The maximum absolute atomic E-state index is 9.48. The summed E-state index contributed by atoms with van der Waals surface area (Å²) in [5, 5.41) is 13.4. The molecule has 0 amide bonds. The molecule has 0 radical (unpaired) electrons. The summed E-state index contributed by atoms with van der Waals surface area (Å²) in [7, 11) is 0.889. The van der Waals surface area contributed by atoms with Crippen molar-refractivity contribution in [3.05, 3.63) is 12.3 Å². The molecule has 0 saturated carbocycles. The van der Waals surface area contributed by atoms with Crippen LogP contribution in [0.3, 0.4) is 0 Å². The van der Waals surface area contributed by atoms with E-state index < -0.39 is 7.12 Å². The lowest BCUT2D eigenvalue weighted by molar-refractivity contribution is 0.206. The van der Waals surface area contributed by atoms with Crippen LogP contribution < -0.4 is 5.59 Å². The first-order valence-electron chi connectivity index (χ1n) is 3.92. The Kier molecular flexibility index (Phi) is 2.89. The third kappa shape index (κ3) is 2.09. The van der Waals surface area contributed by atoms with Gasteiger partial charge in [-0.25, -0.2) is 0 Å². The first kappa shape index (κ1) is 9.28. The van der Waals surface area contributed by atoms with Gasteiger partial charge in [-0.2, -0.15) is 5.10 Å². The third-order valence-corrected chi connectivity index (χ3v) is 1.51. The number of aryl methyl sites for hydroxylation is 1. The van der Waals surface area contributed by atoms with E-state index in [0.717, 1.165) is 0 Å². The fourth-order valence-electron chi connectivity index (χ4n) is 0.954. The molecule has 0 aliphatic rings. The summed E-state index contributed by atoms with van der Waals surface area (Å²) >= 11 is 0. The van der Waals surface area contributed by atoms with Gasteiger partial charge in [0.25, 0.3) is 0 Å². The highest BCUT2D eigenvalue weighted by Gasteiger charge is 2.20. The van der Waals surface area contributed by atoms with Gasteiger partial charge in [-0.1, -0.05) is 0 Å². The standard InChI is InChI=1S/C7H13BN2O2/c1-6(2)12-8(11)7-4-5-9-10(7)3/h4-6,11H,1-3H3. The summed E-state index contributed by atoms with van der Waals surface area (Å²) in [6.07, 6.45) is 1.64. The Hall–Kier alpha value is -0.805. The number of hydrogen-bond donors (Lipinski definition) is 1. The van der Waals surface area contributed by atoms with E-state index in [1.165, 1.54) is 0 Å².